The standard InChI is InChI=1S/C19H40O/c1-5-7-9-11-13-15-17-19(3,18-20-4)16-14-12-10-8-6-2/h5-18H2,1-4H3/t19-/m1/s1. The fourth-order valence-corrected chi connectivity index (χ4v) is 3.11. The normalized spacial score (nSPS) is 14.4. The van der Waals surface area contributed by atoms with Gasteiger partial charge in [0.1, 0.15) is 0 Å². The summed E-state index contributed by atoms with van der Waals surface area (Å²) in [4.78, 5) is 0. The van der Waals surface area contributed by atoms with Gasteiger partial charge in [0, 0.05) is 7.11 Å². The third kappa shape index (κ3) is 11.8. The van der Waals surface area contributed by atoms with E-state index in [0.717, 1.165) is 6.61 Å². The minimum Gasteiger partial charge on any atom is -0.384 e. The van der Waals surface area contributed by atoms with E-state index < -0.39 is 0 Å². The lowest BCUT2D eigenvalue weighted by atomic mass is 9.80. The summed E-state index contributed by atoms with van der Waals surface area (Å²) in [6, 6.07) is 0. The Morgan fingerprint density at radius 2 is 1.05 bits per heavy atom. The molecule has 1 nitrogen and oxygen atoms in total. The van der Waals surface area contributed by atoms with E-state index in [1.54, 1.807) is 0 Å². The molecule has 0 unspecified atom stereocenters. The van der Waals surface area contributed by atoms with Gasteiger partial charge in [-0.1, -0.05) is 91.4 Å². The summed E-state index contributed by atoms with van der Waals surface area (Å²) in [5, 5.41) is 0. The Balaban J connectivity index is 3.74. The van der Waals surface area contributed by atoms with E-state index in [4.69, 9.17) is 4.74 Å². The molecule has 0 aromatic heterocycles. The highest BCUT2D eigenvalue weighted by Crippen LogP contribution is 2.31. The highest BCUT2D eigenvalue weighted by molar-refractivity contribution is 4.74. The molecule has 0 rings (SSSR count). The maximum Gasteiger partial charge on any atom is 0.0515 e. The average Bonchev–Trinajstić information content (AvgIpc) is 2.43. The van der Waals surface area contributed by atoms with Gasteiger partial charge in [-0.3, -0.25) is 0 Å². The van der Waals surface area contributed by atoms with Gasteiger partial charge in [0.25, 0.3) is 0 Å². The molecule has 1 heteroatoms. The molecule has 0 spiro atoms. The minimum absolute atomic E-state index is 0.422. The first-order chi connectivity index (χ1) is 9.68. The van der Waals surface area contributed by atoms with Gasteiger partial charge in [0.15, 0.2) is 0 Å². The first-order valence-electron chi connectivity index (χ1n) is 9.17. The van der Waals surface area contributed by atoms with Crippen molar-refractivity contribution >= 4 is 0 Å². The topological polar surface area (TPSA) is 9.23 Å². The predicted molar refractivity (Wildman–Crippen MR) is 91.4 cm³/mol. The van der Waals surface area contributed by atoms with Crippen LogP contribution in [0.1, 0.15) is 104 Å². The highest BCUT2D eigenvalue weighted by atomic mass is 16.5. The van der Waals surface area contributed by atoms with Crippen LogP contribution in [-0.2, 0) is 4.74 Å². The fraction of sp³-hybridized carbons (Fsp3) is 1.00. The van der Waals surface area contributed by atoms with Gasteiger partial charge >= 0.3 is 0 Å². The van der Waals surface area contributed by atoms with Crippen molar-refractivity contribution in [1.82, 2.24) is 0 Å². The van der Waals surface area contributed by atoms with E-state index in [1.165, 1.54) is 83.5 Å². The molecule has 0 aromatic carbocycles. The Morgan fingerprint density at radius 1 is 0.650 bits per heavy atom. The second-order valence-corrected chi connectivity index (χ2v) is 6.93. The lowest BCUT2D eigenvalue weighted by Crippen LogP contribution is -2.22. The molecule has 0 aliphatic heterocycles. The molecule has 122 valence electrons. The van der Waals surface area contributed by atoms with Crippen LogP contribution in [0.15, 0.2) is 0 Å². The maximum absolute atomic E-state index is 5.48. The van der Waals surface area contributed by atoms with Crippen molar-refractivity contribution in [3.8, 4) is 0 Å². The average molecular weight is 285 g/mol. The van der Waals surface area contributed by atoms with Crippen molar-refractivity contribution in [2.75, 3.05) is 13.7 Å². The van der Waals surface area contributed by atoms with Gasteiger partial charge in [0.05, 0.1) is 6.61 Å². The van der Waals surface area contributed by atoms with Gasteiger partial charge in [0.2, 0.25) is 0 Å². The molecule has 0 saturated heterocycles. The van der Waals surface area contributed by atoms with Crippen LogP contribution < -0.4 is 0 Å². The zero-order valence-corrected chi connectivity index (χ0v) is 14.8. The molecular formula is C19H40O. The molecule has 0 saturated carbocycles. The van der Waals surface area contributed by atoms with Crippen molar-refractivity contribution in [2.24, 2.45) is 5.41 Å². The van der Waals surface area contributed by atoms with Gasteiger partial charge in [-0.2, -0.15) is 0 Å². The van der Waals surface area contributed by atoms with Crippen molar-refractivity contribution in [3.05, 3.63) is 0 Å². The summed E-state index contributed by atoms with van der Waals surface area (Å²) in [5.41, 5.74) is 0.422. The molecule has 0 amide bonds. The molecule has 1 atom stereocenters. The Labute approximate surface area is 128 Å². The van der Waals surface area contributed by atoms with Crippen LogP contribution in [0, 0.1) is 5.41 Å². The first-order valence-corrected chi connectivity index (χ1v) is 9.17. The Hall–Kier alpha value is -0.0400. The van der Waals surface area contributed by atoms with E-state index in [2.05, 4.69) is 20.8 Å². The number of hydrogen-bond donors (Lipinski definition) is 0. The predicted octanol–water partition coefficient (Wildman–Crippen LogP) is 6.75. The summed E-state index contributed by atoms with van der Waals surface area (Å²) in [6.07, 6.45) is 18.0. The van der Waals surface area contributed by atoms with E-state index in [1.807, 2.05) is 7.11 Å². The van der Waals surface area contributed by atoms with E-state index in [0.29, 0.717) is 5.41 Å². The monoisotopic (exact) mass is 284 g/mol. The molecule has 0 aromatic rings. The molecule has 0 aliphatic carbocycles. The molecule has 0 aliphatic rings. The number of unbranched alkanes of at least 4 members (excludes halogenated alkanes) is 9. The molecule has 0 bridgehead atoms. The largest absolute Gasteiger partial charge is 0.384 e. The molecule has 0 N–H and O–H groups in total. The number of hydrogen-bond acceptors (Lipinski definition) is 1. The third-order valence-corrected chi connectivity index (χ3v) is 4.51. The van der Waals surface area contributed by atoms with Crippen molar-refractivity contribution in [3.63, 3.8) is 0 Å². The fourth-order valence-electron chi connectivity index (χ4n) is 3.11. The smallest absolute Gasteiger partial charge is 0.0515 e. The highest BCUT2D eigenvalue weighted by Gasteiger charge is 2.23. The van der Waals surface area contributed by atoms with Crippen LogP contribution in [0.4, 0.5) is 0 Å². The lowest BCUT2D eigenvalue weighted by Gasteiger charge is -2.29. The van der Waals surface area contributed by atoms with Gasteiger partial charge in [-0.25, -0.2) is 0 Å². The Morgan fingerprint density at radius 3 is 1.45 bits per heavy atom. The molecule has 0 heterocycles. The van der Waals surface area contributed by atoms with Crippen molar-refractivity contribution in [1.29, 1.82) is 0 Å². The number of ether oxygens (including phenoxy) is 1. The van der Waals surface area contributed by atoms with Crippen LogP contribution in [0.3, 0.4) is 0 Å². The summed E-state index contributed by atoms with van der Waals surface area (Å²) in [5.74, 6) is 0. The van der Waals surface area contributed by atoms with Gasteiger partial charge in [-0.05, 0) is 18.3 Å². The lowest BCUT2D eigenvalue weighted by molar-refractivity contribution is 0.0742. The zero-order valence-electron chi connectivity index (χ0n) is 14.8. The van der Waals surface area contributed by atoms with Crippen LogP contribution in [0.2, 0.25) is 0 Å². The first kappa shape index (κ1) is 20.0. The molecular weight excluding hydrogens is 244 g/mol. The van der Waals surface area contributed by atoms with E-state index in [-0.39, 0.29) is 0 Å². The van der Waals surface area contributed by atoms with Crippen LogP contribution in [0.25, 0.3) is 0 Å². The van der Waals surface area contributed by atoms with Crippen molar-refractivity contribution < 1.29 is 4.74 Å². The van der Waals surface area contributed by atoms with E-state index >= 15 is 0 Å². The summed E-state index contributed by atoms with van der Waals surface area (Å²) >= 11 is 0. The van der Waals surface area contributed by atoms with Crippen molar-refractivity contribution in [2.45, 2.75) is 104 Å². The molecule has 20 heavy (non-hydrogen) atoms. The minimum atomic E-state index is 0.422. The van der Waals surface area contributed by atoms with E-state index in [9.17, 15) is 0 Å². The van der Waals surface area contributed by atoms with Gasteiger partial charge in [-0.15, -0.1) is 0 Å². The third-order valence-electron chi connectivity index (χ3n) is 4.51. The quantitative estimate of drug-likeness (QED) is 0.302. The summed E-state index contributed by atoms with van der Waals surface area (Å²) in [7, 11) is 1.86. The zero-order chi connectivity index (χ0) is 15.1. The number of methoxy groups -OCH3 is 1. The van der Waals surface area contributed by atoms with Crippen LogP contribution in [-0.4, -0.2) is 13.7 Å². The second kappa shape index (κ2) is 13.9. The molecule has 0 fully saturated rings. The van der Waals surface area contributed by atoms with Crippen LogP contribution in [0.5, 0.6) is 0 Å². The van der Waals surface area contributed by atoms with Crippen LogP contribution >= 0.6 is 0 Å². The summed E-state index contributed by atoms with van der Waals surface area (Å²) < 4.78 is 5.48. The Bertz CT molecular complexity index is 190. The van der Waals surface area contributed by atoms with Gasteiger partial charge < -0.3 is 4.74 Å². The maximum atomic E-state index is 5.48. The second-order valence-electron chi connectivity index (χ2n) is 6.93. The SMILES string of the molecule is CCCCCCCC[C@@](C)(CCCCCCC)COC. The Kier molecular flexibility index (Phi) is 13.9. The molecule has 0 radical (unpaired) electrons. The summed E-state index contributed by atoms with van der Waals surface area (Å²) in [6.45, 7) is 7.94. The number of rotatable bonds is 15.